The third-order valence-corrected chi connectivity index (χ3v) is 4.20. The molecule has 0 N–H and O–H groups in total. The number of carbonyl (C=O) groups is 1. The number of hydrogen-bond donors (Lipinski definition) is 0. The summed E-state index contributed by atoms with van der Waals surface area (Å²) in [6.07, 6.45) is -1.30. The molecule has 0 fully saturated rings. The van der Waals surface area contributed by atoms with Crippen LogP contribution in [0.25, 0.3) is 10.6 Å². The van der Waals surface area contributed by atoms with E-state index < -0.39 is 18.6 Å². The highest BCUT2D eigenvalue weighted by molar-refractivity contribution is 7.17. The van der Waals surface area contributed by atoms with Crippen molar-refractivity contribution in [3.8, 4) is 22.4 Å². The lowest BCUT2D eigenvalue weighted by Gasteiger charge is -2.21. The van der Waals surface area contributed by atoms with E-state index in [1.165, 1.54) is 6.92 Å². The molecule has 0 atom stereocenters. The van der Waals surface area contributed by atoms with Gasteiger partial charge in [-0.2, -0.15) is 13.2 Å². The maximum absolute atomic E-state index is 12.7. The molecule has 8 heteroatoms. The van der Waals surface area contributed by atoms with E-state index in [0.29, 0.717) is 21.2 Å². The fraction of sp³-hybridized carbons (Fsp3) is 0.312. The Morgan fingerprint density at radius 2 is 2.17 bits per heavy atom. The number of carbonyl (C=O) groups excluding carboxylic acids is 1. The van der Waals surface area contributed by atoms with Crippen molar-refractivity contribution in [3.05, 3.63) is 35.1 Å². The first-order valence-electron chi connectivity index (χ1n) is 6.95. The van der Waals surface area contributed by atoms with Crippen molar-refractivity contribution < 1.29 is 18.0 Å². The zero-order valence-electron chi connectivity index (χ0n) is 13.0. The van der Waals surface area contributed by atoms with Crippen LogP contribution in [0.15, 0.2) is 24.5 Å². The van der Waals surface area contributed by atoms with Gasteiger partial charge in [0.15, 0.2) is 0 Å². The van der Waals surface area contributed by atoms with Crippen molar-refractivity contribution in [2.45, 2.75) is 20.0 Å². The molecule has 2 aromatic heterocycles. The van der Waals surface area contributed by atoms with E-state index >= 15 is 0 Å². The monoisotopic (exact) mass is 353 g/mol. The second-order valence-corrected chi connectivity index (χ2v) is 5.88. The number of amides is 1. The molecule has 0 bridgehead atoms. The fourth-order valence-corrected chi connectivity index (χ4v) is 2.97. The highest BCUT2D eigenvalue weighted by Crippen LogP contribution is 2.29. The zero-order valence-corrected chi connectivity index (χ0v) is 13.8. The molecule has 0 aliphatic heterocycles. The van der Waals surface area contributed by atoms with E-state index in [4.69, 9.17) is 0 Å². The number of hydrogen-bond acceptors (Lipinski definition) is 4. The molecule has 2 rings (SSSR count). The Kier molecular flexibility index (Phi) is 5.57. The normalized spacial score (nSPS) is 10.9. The van der Waals surface area contributed by atoms with Gasteiger partial charge in [-0.05, 0) is 26.0 Å². The van der Waals surface area contributed by atoms with Gasteiger partial charge in [0, 0.05) is 18.0 Å². The van der Waals surface area contributed by atoms with Crippen molar-refractivity contribution in [2.24, 2.45) is 0 Å². The van der Waals surface area contributed by atoms with Crippen LogP contribution < -0.4 is 0 Å². The molecule has 2 heterocycles. The summed E-state index contributed by atoms with van der Waals surface area (Å²) in [4.78, 5) is 21.6. The lowest BCUT2D eigenvalue weighted by molar-refractivity contribution is -0.139. The Morgan fingerprint density at radius 1 is 1.42 bits per heavy atom. The average molecular weight is 353 g/mol. The quantitative estimate of drug-likeness (QED) is 0.790. The number of alkyl halides is 3. The molecule has 2 aromatic rings. The lowest BCUT2D eigenvalue weighted by atomic mass is 10.3. The molecule has 4 nitrogen and oxygen atoms in total. The largest absolute Gasteiger partial charge is 0.406 e. The van der Waals surface area contributed by atoms with Gasteiger partial charge in [-0.15, -0.1) is 17.3 Å². The van der Waals surface area contributed by atoms with Crippen LogP contribution in [0, 0.1) is 18.8 Å². The van der Waals surface area contributed by atoms with Crippen molar-refractivity contribution in [1.29, 1.82) is 0 Å². The van der Waals surface area contributed by atoms with Crippen molar-refractivity contribution in [2.75, 3.05) is 13.1 Å². The molecule has 1 amide bonds. The second-order valence-electron chi connectivity index (χ2n) is 4.88. The van der Waals surface area contributed by atoms with Crippen LogP contribution in [-0.2, 0) is 0 Å². The molecule has 0 saturated carbocycles. The SMILES string of the molecule is CC#CCN(CC(F)(F)F)C(=O)c1sc(-c2cccnc2)nc1C. The summed E-state index contributed by atoms with van der Waals surface area (Å²) in [6, 6.07) is 3.50. The first-order valence-corrected chi connectivity index (χ1v) is 7.77. The molecule has 0 aliphatic rings. The third-order valence-electron chi connectivity index (χ3n) is 3.00. The molecular formula is C16H14F3N3OS. The summed E-state index contributed by atoms with van der Waals surface area (Å²) in [5.74, 6) is 4.29. The molecule has 126 valence electrons. The van der Waals surface area contributed by atoms with Crippen molar-refractivity contribution in [3.63, 3.8) is 0 Å². The van der Waals surface area contributed by atoms with Gasteiger partial charge in [0.05, 0.1) is 12.2 Å². The third kappa shape index (κ3) is 4.55. The van der Waals surface area contributed by atoms with Gasteiger partial charge >= 0.3 is 6.18 Å². The molecule has 0 unspecified atom stereocenters. The minimum Gasteiger partial charge on any atom is -0.318 e. The Bertz CT molecular complexity index is 775. The summed E-state index contributed by atoms with van der Waals surface area (Å²) in [5, 5.41) is 0.539. The minimum atomic E-state index is -4.49. The zero-order chi connectivity index (χ0) is 17.7. The van der Waals surface area contributed by atoms with Crippen LogP contribution in [0.4, 0.5) is 13.2 Å². The van der Waals surface area contributed by atoms with Gasteiger partial charge in [-0.1, -0.05) is 5.92 Å². The second kappa shape index (κ2) is 7.45. The molecule has 0 spiro atoms. The standard InChI is InChI=1S/C16H14F3N3OS/c1-3-4-8-22(10-16(17,18)19)15(23)13-11(2)21-14(24-13)12-6-5-7-20-9-12/h5-7,9H,8,10H2,1-2H3. The van der Waals surface area contributed by atoms with Gasteiger partial charge in [-0.3, -0.25) is 9.78 Å². The van der Waals surface area contributed by atoms with E-state index in [1.807, 2.05) is 0 Å². The summed E-state index contributed by atoms with van der Waals surface area (Å²) < 4.78 is 38.2. The molecule has 0 saturated heterocycles. The van der Waals surface area contributed by atoms with Crippen LogP contribution >= 0.6 is 11.3 Å². The summed E-state index contributed by atoms with van der Waals surface area (Å²) in [7, 11) is 0. The molecule has 0 radical (unpaired) electrons. The van der Waals surface area contributed by atoms with Crippen LogP contribution in [0.1, 0.15) is 22.3 Å². The number of halogens is 3. The molecular weight excluding hydrogens is 339 g/mol. The van der Waals surface area contributed by atoms with Gasteiger partial charge in [0.1, 0.15) is 16.4 Å². The van der Waals surface area contributed by atoms with E-state index in [0.717, 1.165) is 11.3 Å². The summed E-state index contributed by atoms with van der Waals surface area (Å²) in [6.45, 7) is 1.48. The lowest BCUT2D eigenvalue weighted by Crippen LogP contribution is -2.39. The van der Waals surface area contributed by atoms with Crippen molar-refractivity contribution in [1.82, 2.24) is 14.9 Å². The summed E-state index contributed by atoms with van der Waals surface area (Å²) >= 11 is 1.05. The number of nitrogens with zero attached hydrogens (tertiary/aromatic N) is 3. The molecule has 24 heavy (non-hydrogen) atoms. The highest BCUT2D eigenvalue weighted by Gasteiger charge is 2.34. The summed E-state index contributed by atoms with van der Waals surface area (Å²) in [5.41, 5.74) is 1.10. The Hall–Kier alpha value is -2.40. The van der Waals surface area contributed by atoms with E-state index in [1.54, 1.807) is 31.5 Å². The number of thiazole rings is 1. The van der Waals surface area contributed by atoms with E-state index in [9.17, 15) is 18.0 Å². The maximum atomic E-state index is 12.7. The molecule has 0 aliphatic carbocycles. The molecule has 0 aromatic carbocycles. The topological polar surface area (TPSA) is 46.1 Å². The van der Waals surface area contributed by atoms with Crippen LogP contribution in [-0.4, -0.2) is 40.0 Å². The van der Waals surface area contributed by atoms with Crippen molar-refractivity contribution >= 4 is 17.2 Å². The van der Waals surface area contributed by atoms with Crippen LogP contribution in [0.3, 0.4) is 0 Å². The predicted octanol–water partition coefficient (Wildman–Crippen LogP) is 3.54. The van der Waals surface area contributed by atoms with Gasteiger partial charge in [-0.25, -0.2) is 4.98 Å². The Labute approximate surface area is 141 Å². The van der Waals surface area contributed by atoms with E-state index in [-0.39, 0.29) is 11.4 Å². The average Bonchev–Trinajstić information content (AvgIpc) is 2.92. The number of rotatable bonds is 4. The predicted molar refractivity (Wildman–Crippen MR) is 85.5 cm³/mol. The Balaban J connectivity index is 2.32. The minimum absolute atomic E-state index is 0.177. The van der Waals surface area contributed by atoms with Crippen LogP contribution in [0.5, 0.6) is 0 Å². The number of aryl methyl sites for hydroxylation is 1. The van der Waals surface area contributed by atoms with Gasteiger partial charge in [0.25, 0.3) is 5.91 Å². The fourth-order valence-electron chi connectivity index (χ4n) is 1.94. The smallest absolute Gasteiger partial charge is 0.318 e. The Morgan fingerprint density at radius 3 is 2.75 bits per heavy atom. The highest BCUT2D eigenvalue weighted by atomic mass is 32.1. The first kappa shape index (κ1) is 17.9. The number of pyridine rings is 1. The van der Waals surface area contributed by atoms with Gasteiger partial charge in [0.2, 0.25) is 0 Å². The van der Waals surface area contributed by atoms with E-state index in [2.05, 4.69) is 21.8 Å². The van der Waals surface area contributed by atoms with Gasteiger partial charge < -0.3 is 4.90 Å². The first-order chi connectivity index (χ1) is 11.3. The van der Waals surface area contributed by atoms with Crippen LogP contribution in [0.2, 0.25) is 0 Å². The number of aromatic nitrogens is 2. The maximum Gasteiger partial charge on any atom is 0.406 e.